The molecule has 0 radical (unpaired) electrons. The van der Waals surface area contributed by atoms with Crippen molar-refractivity contribution in [3.05, 3.63) is 60.2 Å². The highest BCUT2D eigenvalue weighted by Gasteiger charge is 2.31. The lowest BCUT2D eigenvalue weighted by Crippen LogP contribution is -3.11. The standard InChI is InChI=1S/C20H25N3O3/c1-22(2)20(25)19(15-8-6-5-7-9-15)23(3)14-18(24)21-16-10-12-17(26-4)13-11-16/h5-13,19H,14H2,1-4H3,(H,21,24)/p+1/t19-/m0/s1. The summed E-state index contributed by atoms with van der Waals surface area (Å²) in [6, 6.07) is 16.2. The van der Waals surface area contributed by atoms with Crippen LogP contribution < -0.4 is 15.0 Å². The fourth-order valence-corrected chi connectivity index (χ4v) is 2.78. The first-order chi connectivity index (χ1) is 12.4. The largest absolute Gasteiger partial charge is 0.497 e. The van der Waals surface area contributed by atoms with Gasteiger partial charge in [0.25, 0.3) is 11.8 Å². The van der Waals surface area contributed by atoms with E-state index in [9.17, 15) is 9.59 Å². The van der Waals surface area contributed by atoms with Gasteiger partial charge in [0.1, 0.15) is 5.75 Å². The van der Waals surface area contributed by atoms with E-state index in [1.807, 2.05) is 37.4 Å². The van der Waals surface area contributed by atoms with Gasteiger partial charge in [-0.05, 0) is 24.3 Å². The molecule has 0 spiro atoms. The Hall–Kier alpha value is -2.86. The number of carbonyl (C=O) groups excluding carboxylic acids is 2. The van der Waals surface area contributed by atoms with Crippen LogP contribution in [0.4, 0.5) is 5.69 Å². The quantitative estimate of drug-likeness (QED) is 0.777. The van der Waals surface area contributed by atoms with E-state index in [0.29, 0.717) is 5.69 Å². The topological polar surface area (TPSA) is 63.1 Å². The maximum atomic E-state index is 12.7. The maximum Gasteiger partial charge on any atom is 0.285 e. The van der Waals surface area contributed by atoms with Gasteiger partial charge in [-0.1, -0.05) is 30.3 Å². The molecule has 2 amide bonds. The highest BCUT2D eigenvalue weighted by Crippen LogP contribution is 2.15. The van der Waals surface area contributed by atoms with Crippen LogP contribution >= 0.6 is 0 Å². The first kappa shape index (κ1) is 19.5. The Balaban J connectivity index is 2.09. The smallest absolute Gasteiger partial charge is 0.285 e. The Morgan fingerprint density at radius 3 is 2.23 bits per heavy atom. The van der Waals surface area contributed by atoms with Gasteiger partial charge in [-0.15, -0.1) is 0 Å². The maximum absolute atomic E-state index is 12.7. The second-order valence-electron chi connectivity index (χ2n) is 6.38. The number of nitrogens with one attached hydrogen (secondary N) is 2. The third kappa shape index (κ3) is 5.07. The van der Waals surface area contributed by atoms with Gasteiger partial charge < -0.3 is 19.9 Å². The minimum absolute atomic E-state index is 0.0362. The predicted octanol–water partition coefficient (Wildman–Crippen LogP) is 0.978. The lowest BCUT2D eigenvalue weighted by molar-refractivity contribution is -0.894. The van der Waals surface area contributed by atoms with E-state index in [2.05, 4.69) is 5.32 Å². The molecule has 0 saturated carbocycles. The first-order valence-corrected chi connectivity index (χ1v) is 8.44. The highest BCUT2D eigenvalue weighted by molar-refractivity contribution is 5.91. The summed E-state index contributed by atoms with van der Waals surface area (Å²) in [7, 11) is 6.90. The number of amides is 2. The van der Waals surface area contributed by atoms with Crippen molar-refractivity contribution in [2.75, 3.05) is 40.1 Å². The third-order valence-corrected chi connectivity index (χ3v) is 4.13. The number of methoxy groups -OCH3 is 1. The number of carbonyl (C=O) groups is 2. The van der Waals surface area contributed by atoms with Crippen LogP contribution in [0.1, 0.15) is 11.6 Å². The normalized spacial score (nSPS) is 12.8. The number of hydrogen-bond donors (Lipinski definition) is 2. The van der Waals surface area contributed by atoms with Gasteiger partial charge in [-0.3, -0.25) is 9.59 Å². The van der Waals surface area contributed by atoms with Crippen LogP contribution in [-0.4, -0.2) is 51.5 Å². The average molecular weight is 356 g/mol. The van der Waals surface area contributed by atoms with E-state index in [1.165, 1.54) is 0 Å². The van der Waals surface area contributed by atoms with E-state index in [0.717, 1.165) is 16.2 Å². The van der Waals surface area contributed by atoms with Gasteiger partial charge in [-0.25, -0.2) is 0 Å². The van der Waals surface area contributed by atoms with Crippen molar-refractivity contribution in [2.45, 2.75) is 6.04 Å². The average Bonchev–Trinajstić information content (AvgIpc) is 2.63. The van der Waals surface area contributed by atoms with Crippen LogP contribution in [0.25, 0.3) is 0 Å². The van der Waals surface area contributed by atoms with Crippen molar-refractivity contribution < 1.29 is 19.2 Å². The van der Waals surface area contributed by atoms with Crippen LogP contribution in [0, 0.1) is 0 Å². The summed E-state index contributed by atoms with van der Waals surface area (Å²) in [5, 5.41) is 2.86. The van der Waals surface area contributed by atoms with Gasteiger partial charge in [0.05, 0.1) is 14.2 Å². The SMILES string of the molecule is COc1ccc(NC(=O)C[NH+](C)[C@H](C(=O)N(C)C)c2ccccc2)cc1. The van der Waals surface area contributed by atoms with E-state index in [1.54, 1.807) is 50.4 Å². The second kappa shape index (κ2) is 9.01. The number of quaternary nitrogens is 1. The number of benzene rings is 2. The molecule has 2 aromatic rings. The zero-order valence-electron chi connectivity index (χ0n) is 15.7. The second-order valence-corrected chi connectivity index (χ2v) is 6.38. The summed E-state index contributed by atoms with van der Waals surface area (Å²) < 4.78 is 5.11. The fraction of sp³-hybridized carbons (Fsp3) is 0.300. The van der Waals surface area contributed by atoms with Gasteiger partial charge in [-0.2, -0.15) is 0 Å². The van der Waals surface area contributed by atoms with Crippen LogP contribution in [-0.2, 0) is 9.59 Å². The molecule has 2 atom stereocenters. The zero-order valence-corrected chi connectivity index (χ0v) is 15.7. The molecule has 0 heterocycles. The van der Waals surface area contributed by atoms with Crippen molar-refractivity contribution in [1.29, 1.82) is 0 Å². The molecule has 2 aromatic carbocycles. The van der Waals surface area contributed by atoms with Gasteiger partial charge in [0, 0.05) is 25.3 Å². The molecular weight excluding hydrogens is 330 g/mol. The Labute approximate surface area is 154 Å². The molecule has 0 aliphatic rings. The summed E-state index contributed by atoms with van der Waals surface area (Å²) in [5.74, 6) is 0.539. The molecular formula is C20H26N3O3+. The van der Waals surface area contributed by atoms with Crippen LogP contribution in [0.2, 0.25) is 0 Å². The van der Waals surface area contributed by atoms with E-state index in [-0.39, 0.29) is 18.4 Å². The zero-order chi connectivity index (χ0) is 19.1. The summed E-state index contributed by atoms with van der Waals surface area (Å²) in [4.78, 5) is 27.4. The van der Waals surface area contributed by atoms with Crippen LogP contribution in [0.15, 0.2) is 54.6 Å². The van der Waals surface area contributed by atoms with Gasteiger partial charge >= 0.3 is 0 Å². The fourth-order valence-electron chi connectivity index (χ4n) is 2.78. The number of ether oxygens (including phenoxy) is 1. The molecule has 6 heteroatoms. The molecule has 2 N–H and O–H groups in total. The Bertz CT molecular complexity index is 730. The van der Waals surface area contributed by atoms with Crippen molar-refractivity contribution in [3.63, 3.8) is 0 Å². The predicted molar refractivity (Wildman–Crippen MR) is 101 cm³/mol. The summed E-state index contributed by atoms with van der Waals surface area (Å²) in [5.41, 5.74) is 1.58. The van der Waals surface area contributed by atoms with E-state index >= 15 is 0 Å². The molecule has 0 aliphatic carbocycles. The van der Waals surface area contributed by atoms with Crippen molar-refractivity contribution in [2.24, 2.45) is 0 Å². The minimum Gasteiger partial charge on any atom is -0.497 e. The molecule has 0 aromatic heterocycles. The Kier molecular flexibility index (Phi) is 6.74. The molecule has 0 saturated heterocycles. The van der Waals surface area contributed by atoms with Gasteiger partial charge in [0.2, 0.25) is 0 Å². The minimum atomic E-state index is -0.437. The highest BCUT2D eigenvalue weighted by atomic mass is 16.5. The van der Waals surface area contributed by atoms with Crippen molar-refractivity contribution in [3.8, 4) is 5.75 Å². The molecule has 0 bridgehead atoms. The Morgan fingerprint density at radius 1 is 1.08 bits per heavy atom. The number of likely N-dealkylation sites (N-methyl/N-ethyl adjacent to an activating group) is 2. The van der Waals surface area contributed by atoms with Gasteiger partial charge in [0.15, 0.2) is 12.6 Å². The van der Waals surface area contributed by atoms with E-state index < -0.39 is 6.04 Å². The molecule has 1 unspecified atom stereocenters. The van der Waals surface area contributed by atoms with Crippen molar-refractivity contribution >= 4 is 17.5 Å². The molecule has 0 aliphatic heterocycles. The van der Waals surface area contributed by atoms with E-state index in [4.69, 9.17) is 4.74 Å². The third-order valence-electron chi connectivity index (χ3n) is 4.13. The van der Waals surface area contributed by atoms with Crippen LogP contribution in [0.5, 0.6) is 5.75 Å². The lowest BCUT2D eigenvalue weighted by Gasteiger charge is -2.26. The van der Waals surface area contributed by atoms with Crippen molar-refractivity contribution in [1.82, 2.24) is 4.90 Å². The molecule has 2 rings (SSSR count). The monoisotopic (exact) mass is 356 g/mol. The number of rotatable bonds is 7. The summed E-state index contributed by atoms with van der Waals surface area (Å²) in [6.45, 7) is 0.172. The number of nitrogens with zero attached hydrogens (tertiary/aromatic N) is 1. The summed E-state index contributed by atoms with van der Waals surface area (Å²) in [6.07, 6.45) is 0. The molecule has 26 heavy (non-hydrogen) atoms. The lowest BCUT2D eigenvalue weighted by atomic mass is 10.0. The number of anilines is 1. The first-order valence-electron chi connectivity index (χ1n) is 8.44. The summed E-state index contributed by atoms with van der Waals surface area (Å²) >= 11 is 0. The molecule has 6 nitrogen and oxygen atoms in total. The molecule has 0 fully saturated rings. The van der Waals surface area contributed by atoms with Crippen LogP contribution in [0.3, 0.4) is 0 Å². The Morgan fingerprint density at radius 2 is 1.69 bits per heavy atom. The molecule has 138 valence electrons. The number of hydrogen-bond acceptors (Lipinski definition) is 3.